The van der Waals surface area contributed by atoms with Gasteiger partial charge in [-0.1, -0.05) is 0 Å². The molecule has 1 aromatic carbocycles. The number of nitrogens with zero attached hydrogens (tertiary/aromatic N) is 1. The van der Waals surface area contributed by atoms with Gasteiger partial charge in [0.2, 0.25) is 0 Å². The van der Waals surface area contributed by atoms with E-state index in [-0.39, 0.29) is 25.6 Å². The summed E-state index contributed by atoms with van der Waals surface area (Å²) >= 11 is 0.203. The van der Waals surface area contributed by atoms with E-state index in [1.54, 1.807) is 12.1 Å². The van der Waals surface area contributed by atoms with Crippen LogP contribution in [0.1, 0.15) is 40.0 Å². The summed E-state index contributed by atoms with van der Waals surface area (Å²) in [5.41, 5.74) is 1.66. The van der Waals surface area contributed by atoms with Crippen LogP contribution in [0.3, 0.4) is 0 Å². The molecule has 0 aliphatic heterocycles. The van der Waals surface area contributed by atoms with Crippen molar-refractivity contribution in [2.24, 2.45) is 5.92 Å². The number of benzene rings is 1. The molecule has 20 heavy (non-hydrogen) atoms. The van der Waals surface area contributed by atoms with Gasteiger partial charge in [-0.15, -0.1) is 0 Å². The Hall–Kier alpha value is -1.12. The van der Waals surface area contributed by atoms with Crippen LogP contribution in [0.15, 0.2) is 35.9 Å². The summed E-state index contributed by atoms with van der Waals surface area (Å²) in [4.78, 5) is 10.7. The second-order valence-electron chi connectivity index (χ2n) is 5.33. The third-order valence-corrected chi connectivity index (χ3v) is 5.44. The van der Waals surface area contributed by atoms with E-state index in [4.69, 9.17) is 0 Å². The van der Waals surface area contributed by atoms with E-state index in [1.165, 1.54) is 12.0 Å². The predicted octanol–water partition coefficient (Wildman–Crippen LogP) is 4.12. The molecular formula is C16H23NO2Se. The zero-order valence-electron chi connectivity index (χ0n) is 12.5. The van der Waals surface area contributed by atoms with Crippen molar-refractivity contribution in [1.29, 1.82) is 0 Å². The van der Waals surface area contributed by atoms with E-state index in [0.717, 1.165) is 22.6 Å². The minimum atomic E-state index is -0.269. The fraction of sp³-hybridized carbons (Fsp3) is 0.500. The van der Waals surface area contributed by atoms with E-state index in [0.29, 0.717) is 5.92 Å². The molecule has 1 aromatic rings. The molecule has 3 nitrogen and oxygen atoms in total. The third kappa shape index (κ3) is 6.36. The van der Waals surface area contributed by atoms with Crippen LogP contribution >= 0.6 is 0 Å². The van der Waals surface area contributed by atoms with Gasteiger partial charge in [-0.2, -0.15) is 0 Å². The standard InChI is InChI=1S/C16H23NO2Se/c1-13(2)7-6-8-14(3)11-12-20-16-10-5-4-9-15(16)17(18)19/h4-5,7,9-10,14H,6,8,11-12H2,1-3H3. The second kappa shape index (κ2) is 8.93. The van der Waals surface area contributed by atoms with Gasteiger partial charge in [0.15, 0.2) is 0 Å². The van der Waals surface area contributed by atoms with Gasteiger partial charge in [0.1, 0.15) is 0 Å². The van der Waals surface area contributed by atoms with Crippen molar-refractivity contribution in [3.8, 4) is 0 Å². The van der Waals surface area contributed by atoms with Gasteiger partial charge in [0, 0.05) is 0 Å². The van der Waals surface area contributed by atoms with E-state index >= 15 is 0 Å². The molecule has 1 atom stereocenters. The minimum absolute atomic E-state index is 0.203. The molecular weight excluding hydrogens is 317 g/mol. The van der Waals surface area contributed by atoms with Crippen molar-refractivity contribution >= 4 is 25.1 Å². The summed E-state index contributed by atoms with van der Waals surface area (Å²) in [5, 5.41) is 12.0. The van der Waals surface area contributed by atoms with Gasteiger partial charge >= 0.3 is 127 Å². The van der Waals surface area contributed by atoms with Crippen LogP contribution in [0.4, 0.5) is 5.69 Å². The first-order valence-corrected chi connectivity index (χ1v) is 9.07. The number of hydrogen-bond donors (Lipinski definition) is 0. The first kappa shape index (κ1) is 16.9. The van der Waals surface area contributed by atoms with Crippen molar-refractivity contribution in [3.05, 3.63) is 46.0 Å². The normalized spacial score (nSPS) is 11.9. The molecule has 0 aromatic heterocycles. The fourth-order valence-corrected chi connectivity index (χ4v) is 4.43. The van der Waals surface area contributed by atoms with Gasteiger partial charge in [-0.3, -0.25) is 0 Å². The molecule has 0 heterocycles. The van der Waals surface area contributed by atoms with Gasteiger partial charge in [-0.25, -0.2) is 0 Å². The van der Waals surface area contributed by atoms with Gasteiger partial charge < -0.3 is 0 Å². The van der Waals surface area contributed by atoms with Crippen LogP contribution in [0.5, 0.6) is 0 Å². The monoisotopic (exact) mass is 341 g/mol. The Kier molecular flexibility index (Phi) is 7.56. The van der Waals surface area contributed by atoms with Gasteiger partial charge in [0.05, 0.1) is 0 Å². The topological polar surface area (TPSA) is 43.1 Å². The predicted molar refractivity (Wildman–Crippen MR) is 85.7 cm³/mol. The van der Waals surface area contributed by atoms with Crippen molar-refractivity contribution < 1.29 is 4.92 Å². The first-order valence-electron chi connectivity index (χ1n) is 7.00. The average molecular weight is 340 g/mol. The van der Waals surface area contributed by atoms with Crippen LogP contribution in [-0.4, -0.2) is 19.9 Å². The number of rotatable bonds is 8. The van der Waals surface area contributed by atoms with Crippen LogP contribution in [0, 0.1) is 16.0 Å². The number of allylic oxidation sites excluding steroid dienone is 2. The van der Waals surface area contributed by atoms with Crippen molar-refractivity contribution in [3.63, 3.8) is 0 Å². The SMILES string of the molecule is CC(C)=CCCC(C)CC[Se]c1ccccc1[N+](=O)[O-]. The number of nitro groups is 1. The Morgan fingerprint density at radius 2 is 2.05 bits per heavy atom. The van der Waals surface area contributed by atoms with Gasteiger partial charge in [-0.05, 0) is 0 Å². The molecule has 0 bridgehead atoms. The van der Waals surface area contributed by atoms with Crippen molar-refractivity contribution in [2.45, 2.75) is 45.4 Å². The zero-order chi connectivity index (χ0) is 15.0. The van der Waals surface area contributed by atoms with Gasteiger partial charge in [0.25, 0.3) is 0 Å². The molecule has 0 aliphatic carbocycles. The first-order chi connectivity index (χ1) is 9.50. The van der Waals surface area contributed by atoms with E-state index in [1.807, 2.05) is 12.1 Å². The van der Waals surface area contributed by atoms with E-state index in [2.05, 4.69) is 26.8 Å². The number of hydrogen-bond acceptors (Lipinski definition) is 2. The Morgan fingerprint density at radius 3 is 2.70 bits per heavy atom. The second-order valence-corrected chi connectivity index (χ2v) is 7.71. The molecule has 4 heteroatoms. The Morgan fingerprint density at radius 1 is 1.35 bits per heavy atom. The molecule has 0 aliphatic rings. The third-order valence-electron chi connectivity index (χ3n) is 3.14. The maximum absolute atomic E-state index is 10.9. The summed E-state index contributed by atoms with van der Waals surface area (Å²) in [7, 11) is 0. The van der Waals surface area contributed by atoms with Crippen molar-refractivity contribution in [1.82, 2.24) is 0 Å². The Balaban J connectivity index is 2.37. The molecule has 1 unspecified atom stereocenters. The van der Waals surface area contributed by atoms with E-state index < -0.39 is 0 Å². The summed E-state index contributed by atoms with van der Waals surface area (Å²) in [6, 6.07) is 7.13. The number of nitro benzene ring substituents is 1. The summed E-state index contributed by atoms with van der Waals surface area (Å²) < 4.78 is 0.918. The molecule has 0 spiro atoms. The van der Waals surface area contributed by atoms with Crippen LogP contribution in [0.2, 0.25) is 5.32 Å². The van der Waals surface area contributed by atoms with Crippen LogP contribution in [-0.2, 0) is 0 Å². The quantitative estimate of drug-likeness (QED) is 0.309. The van der Waals surface area contributed by atoms with Crippen LogP contribution in [0.25, 0.3) is 0 Å². The summed E-state index contributed by atoms with van der Waals surface area (Å²) in [6.07, 6.45) is 5.78. The maximum atomic E-state index is 10.9. The molecule has 1 rings (SSSR count). The van der Waals surface area contributed by atoms with E-state index in [9.17, 15) is 10.1 Å². The fourth-order valence-electron chi connectivity index (χ4n) is 1.90. The Bertz CT molecular complexity index is 467. The van der Waals surface area contributed by atoms with Crippen molar-refractivity contribution in [2.75, 3.05) is 0 Å². The average Bonchev–Trinajstić information content (AvgIpc) is 2.38. The molecule has 0 radical (unpaired) electrons. The van der Waals surface area contributed by atoms with Crippen LogP contribution < -0.4 is 4.46 Å². The molecule has 0 amide bonds. The Labute approximate surface area is 127 Å². The zero-order valence-corrected chi connectivity index (χ0v) is 14.2. The molecule has 0 saturated carbocycles. The molecule has 0 saturated heterocycles. The molecule has 0 N–H and O–H groups in total. The summed E-state index contributed by atoms with van der Waals surface area (Å²) in [6.45, 7) is 6.53. The molecule has 0 fully saturated rings. The summed E-state index contributed by atoms with van der Waals surface area (Å²) in [5.74, 6) is 0.690. The number of para-hydroxylation sites is 1. The molecule has 110 valence electrons.